The van der Waals surface area contributed by atoms with Gasteiger partial charge in [0.15, 0.2) is 0 Å². The highest BCUT2D eigenvalue weighted by Gasteiger charge is 2.18. The lowest BCUT2D eigenvalue weighted by molar-refractivity contribution is -0.116. The van der Waals surface area contributed by atoms with Gasteiger partial charge < -0.3 is 9.84 Å². The molecule has 0 aliphatic carbocycles. The van der Waals surface area contributed by atoms with Gasteiger partial charge in [0.25, 0.3) is 11.4 Å². The second-order valence-electron chi connectivity index (χ2n) is 6.29. The molecule has 30 heavy (non-hydrogen) atoms. The third kappa shape index (κ3) is 4.00. The Bertz CT molecular complexity index is 1270. The molecule has 0 aliphatic heterocycles. The normalized spacial score (nSPS) is 10.7. The first kappa shape index (κ1) is 19.2. The average molecular weight is 408 g/mol. The van der Waals surface area contributed by atoms with Crippen LogP contribution in [0.2, 0.25) is 0 Å². The fourth-order valence-corrected chi connectivity index (χ4v) is 2.83. The van der Waals surface area contributed by atoms with Crippen molar-refractivity contribution in [2.45, 2.75) is 6.54 Å². The largest absolute Gasteiger partial charge is 0.332 e. The van der Waals surface area contributed by atoms with Gasteiger partial charge in [0.1, 0.15) is 23.9 Å². The highest BCUT2D eigenvalue weighted by atomic mass is 19.1. The summed E-state index contributed by atoms with van der Waals surface area (Å²) < 4.78 is 33.3. The Morgan fingerprint density at radius 3 is 2.53 bits per heavy atom. The van der Waals surface area contributed by atoms with Gasteiger partial charge in [-0.05, 0) is 42.5 Å². The van der Waals surface area contributed by atoms with Crippen molar-refractivity contribution >= 4 is 11.6 Å². The van der Waals surface area contributed by atoms with Gasteiger partial charge >= 0.3 is 0 Å². The van der Waals surface area contributed by atoms with Gasteiger partial charge in [0.2, 0.25) is 11.7 Å². The van der Waals surface area contributed by atoms with E-state index in [-0.39, 0.29) is 29.5 Å². The Morgan fingerprint density at radius 1 is 1.00 bits per heavy atom. The van der Waals surface area contributed by atoms with E-state index in [1.54, 1.807) is 6.07 Å². The van der Waals surface area contributed by atoms with Crippen LogP contribution < -0.4 is 10.9 Å². The Kier molecular flexibility index (Phi) is 5.17. The summed E-state index contributed by atoms with van der Waals surface area (Å²) in [6, 6.07) is 15.5. The summed E-state index contributed by atoms with van der Waals surface area (Å²) in [5, 5.41) is 6.35. The summed E-state index contributed by atoms with van der Waals surface area (Å²) in [4.78, 5) is 28.9. The van der Waals surface area contributed by atoms with Crippen LogP contribution in [0.4, 0.5) is 14.5 Å². The number of pyridine rings is 1. The van der Waals surface area contributed by atoms with Crippen LogP contribution in [0.25, 0.3) is 23.0 Å². The summed E-state index contributed by atoms with van der Waals surface area (Å²) in [6.07, 6.45) is 0. The molecule has 1 amide bonds. The van der Waals surface area contributed by atoms with Crippen molar-refractivity contribution in [3.8, 4) is 23.0 Å². The number of carbonyl (C=O) groups excluding carboxylic acids is 1. The predicted octanol–water partition coefficient (Wildman–Crippen LogP) is 3.48. The third-order valence-corrected chi connectivity index (χ3v) is 4.24. The van der Waals surface area contributed by atoms with Gasteiger partial charge in [0, 0.05) is 11.8 Å². The highest BCUT2D eigenvalue weighted by molar-refractivity contribution is 5.90. The van der Waals surface area contributed by atoms with E-state index in [0.717, 1.165) is 4.57 Å². The molecule has 0 aliphatic rings. The van der Waals surface area contributed by atoms with Gasteiger partial charge in [-0.2, -0.15) is 4.98 Å². The summed E-state index contributed by atoms with van der Waals surface area (Å²) in [5.41, 5.74) is 0.261. The SMILES string of the molecule is O=C(Cn1c(-c2nc(-c3ccccc3F)no2)cccc1=O)Nc1ccc(F)cc1. The minimum absolute atomic E-state index is 0.0155. The lowest BCUT2D eigenvalue weighted by Gasteiger charge is -2.10. The molecule has 7 nitrogen and oxygen atoms in total. The van der Waals surface area contributed by atoms with Gasteiger partial charge in [-0.1, -0.05) is 23.4 Å². The molecule has 0 spiro atoms. The van der Waals surface area contributed by atoms with Crippen LogP contribution in [0.3, 0.4) is 0 Å². The van der Waals surface area contributed by atoms with Crippen LogP contribution in [0, 0.1) is 11.6 Å². The molecule has 0 atom stereocenters. The molecule has 4 aromatic rings. The molecule has 0 saturated carbocycles. The van der Waals surface area contributed by atoms with E-state index in [1.165, 1.54) is 60.7 Å². The van der Waals surface area contributed by atoms with Crippen molar-refractivity contribution in [3.63, 3.8) is 0 Å². The molecule has 0 bridgehead atoms. The summed E-state index contributed by atoms with van der Waals surface area (Å²) in [6.45, 7) is -0.343. The Labute approximate surface area is 168 Å². The molecular weight excluding hydrogens is 394 g/mol. The standard InChI is InChI=1S/C21H14F2N4O3/c22-13-8-10-14(11-9-13)24-18(28)12-27-17(6-3-7-19(27)29)21-25-20(26-30-21)15-4-1-2-5-16(15)23/h1-11H,12H2,(H,24,28). The maximum atomic E-state index is 14.0. The van der Waals surface area contributed by atoms with Crippen LogP contribution in [0.5, 0.6) is 0 Å². The van der Waals surface area contributed by atoms with Crippen molar-refractivity contribution < 1.29 is 18.1 Å². The van der Waals surface area contributed by atoms with E-state index < -0.39 is 23.1 Å². The van der Waals surface area contributed by atoms with E-state index >= 15 is 0 Å². The Morgan fingerprint density at radius 2 is 1.77 bits per heavy atom. The number of halogens is 2. The van der Waals surface area contributed by atoms with Crippen molar-refractivity contribution in [2.75, 3.05) is 5.32 Å². The topological polar surface area (TPSA) is 90.0 Å². The Balaban J connectivity index is 1.62. The first-order valence-corrected chi connectivity index (χ1v) is 8.85. The van der Waals surface area contributed by atoms with E-state index in [0.29, 0.717) is 5.69 Å². The molecule has 2 aromatic carbocycles. The zero-order valence-electron chi connectivity index (χ0n) is 15.4. The third-order valence-electron chi connectivity index (χ3n) is 4.24. The molecular formula is C21H14F2N4O3. The van der Waals surface area contributed by atoms with Gasteiger partial charge in [-0.15, -0.1) is 0 Å². The quantitative estimate of drug-likeness (QED) is 0.546. The number of nitrogens with one attached hydrogen (secondary N) is 1. The zero-order chi connectivity index (χ0) is 21.1. The van der Waals surface area contributed by atoms with Crippen LogP contribution in [0.15, 0.2) is 76.0 Å². The number of aromatic nitrogens is 3. The number of anilines is 1. The lowest BCUT2D eigenvalue weighted by Crippen LogP contribution is -2.28. The monoisotopic (exact) mass is 408 g/mol. The first-order chi connectivity index (χ1) is 14.5. The maximum Gasteiger partial charge on any atom is 0.274 e. The number of amides is 1. The minimum Gasteiger partial charge on any atom is -0.332 e. The molecule has 0 saturated heterocycles. The summed E-state index contributed by atoms with van der Waals surface area (Å²) in [5.74, 6) is -1.49. The number of nitrogens with zero attached hydrogens (tertiary/aromatic N) is 3. The van der Waals surface area contributed by atoms with E-state index in [4.69, 9.17) is 4.52 Å². The number of carbonyl (C=O) groups is 1. The van der Waals surface area contributed by atoms with Gasteiger partial charge in [-0.3, -0.25) is 14.2 Å². The molecule has 2 aromatic heterocycles. The number of benzene rings is 2. The molecule has 1 N–H and O–H groups in total. The van der Waals surface area contributed by atoms with Crippen molar-refractivity contribution in [1.82, 2.24) is 14.7 Å². The summed E-state index contributed by atoms with van der Waals surface area (Å²) in [7, 11) is 0. The van der Waals surface area contributed by atoms with E-state index in [1.807, 2.05) is 0 Å². The molecule has 9 heteroatoms. The fraction of sp³-hybridized carbons (Fsp3) is 0.0476. The number of rotatable bonds is 5. The van der Waals surface area contributed by atoms with Crippen molar-refractivity contribution in [2.24, 2.45) is 0 Å². The zero-order valence-corrected chi connectivity index (χ0v) is 15.4. The molecule has 150 valence electrons. The number of hydrogen-bond donors (Lipinski definition) is 1. The van der Waals surface area contributed by atoms with Gasteiger partial charge in [-0.25, -0.2) is 8.78 Å². The molecule has 0 unspecified atom stereocenters. The van der Waals surface area contributed by atoms with E-state index in [2.05, 4.69) is 15.5 Å². The number of hydrogen-bond acceptors (Lipinski definition) is 5. The minimum atomic E-state index is -0.519. The van der Waals surface area contributed by atoms with Crippen LogP contribution >= 0.6 is 0 Å². The fourth-order valence-electron chi connectivity index (χ4n) is 2.83. The maximum absolute atomic E-state index is 14.0. The second kappa shape index (κ2) is 8.08. The van der Waals surface area contributed by atoms with Crippen LogP contribution in [0.1, 0.15) is 0 Å². The van der Waals surface area contributed by atoms with Gasteiger partial charge in [0.05, 0.1) is 5.56 Å². The molecule has 2 heterocycles. The first-order valence-electron chi connectivity index (χ1n) is 8.85. The highest BCUT2D eigenvalue weighted by Crippen LogP contribution is 2.23. The smallest absolute Gasteiger partial charge is 0.274 e. The average Bonchev–Trinajstić information content (AvgIpc) is 3.21. The molecule has 0 radical (unpaired) electrons. The second-order valence-corrected chi connectivity index (χ2v) is 6.29. The van der Waals surface area contributed by atoms with Crippen LogP contribution in [-0.2, 0) is 11.3 Å². The van der Waals surface area contributed by atoms with E-state index in [9.17, 15) is 18.4 Å². The summed E-state index contributed by atoms with van der Waals surface area (Å²) >= 11 is 0. The molecule has 4 rings (SSSR count). The van der Waals surface area contributed by atoms with Crippen molar-refractivity contribution in [3.05, 3.63) is 88.7 Å². The molecule has 0 fully saturated rings. The van der Waals surface area contributed by atoms with Crippen molar-refractivity contribution in [1.29, 1.82) is 0 Å². The predicted molar refractivity (Wildman–Crippen MR) is 104 cm³/mol. The Hall–Kier alpha value is -4.14. The lowest BCUT2D eigenvalue weighted by atomic mass is 10.2. The van der Waals surface area contributed by atoms with Crippen LogP contribution in [-0.4, -0.2) is 20.6 Å².